The van der Waals surface area contributed by atoms with Crippen molar-refractivity contribution in [1.29, 1.82) is 0 Å². The van der Waals surface area contributed by atoms with E-state index in [1.807, 2.05) is 6.26 Å². The first kappa shape index (κ1) is 14.0. The van der Waals surface area contributed by atoms with Gasteiger partial charge in [0.1, 0.15) is 13.2 Å². The molecule has 15 heavy (non-hydrogen) atoms. The SMILES string of the molecule is C=C(C)C(=O)OCCOC(=O)CCSC. The zero-order valence-electron chi connectivity index (χ0n) is 9.08. The minimum Gasteiger partial charge on any atom is -0.462 e. The number of thioether (sulfide) groups is 1. The fraction of sp³-hybridized carbons (Fsp3) is 0.600. The Morgan fingerprint density at radius 3 is 2.40 bits per heavy atom. The van der Waals surface area contributed by atoms with Crippen LogP contribution in [0.25, 0.3) is 0 Å². The maximum Gasteiger partial charge on any atom is 0.333 e. The van der Waals surface area contributed by atoms with Gasteiger partial charge in [-0.1, -0.05) is 6.58 Å². The van der Waals surface area contributed by atoms with Crippen LogP contribution in [0.3, 0.4) is 0 Å². The Hall–Kier alpha value is -0.970. The molecule has 0 aliphatic heterocycles. The molecule has 0 saturated heterocycles. The van der Waals surface area contributed by atoms with E-state index < -0.39 is 5.97 Å². The lowest BCUT2D eigenvalue weighted by atomic mass is 10.4. The number of esters is 2. The largest absolute Gasteiger partial charge is 0.462 e. The molecule has 0 atom stereocenters. The Morgan fingerprint density at radius 1 is 1.27 bits per heavy atom. The molecule has 0 aromatic rings. The number of carbonyl (C=O) groups excluding carboxylic acids is 2. The van der Waals surface area contributed by atoms with E-state index in [1.54, 1.807) is 18.7 Å². The lowest BCUT2D eigenvalue weighted by molar-refractivity contribution is -0.149. The molecule has 4 nitrogen and oxygen atoms in total. The predicted molar refractivity (Wildman–Crippen MR) is 59.7 cm³/mol. The third-order valence-electron chi connectivity index (χ3n) is 1.44. The second-order valence-electron chi connectivity index (χ2n) is 2.88. The van der Waals surface area contributed by atoms with Crippen LogP contribution in [0, 0.1) is 0 Å². The van der Waals surface area contributed by atoms with Gasteiger partial charge in [0, 0.05) is 11.3 Å². The number of hydrogen-bond acceptors (Lipinski definition) is 5. The van der Waals surface area contributed by atoms with Crippen LogP contribution in [0.2, 0.25) is 0 Å². The van der Waals surface area contributed by atoms with Crippen LogP contribution < -0.4 is 0 Å². The first-order chi connectivity index (χ1) is 7.07. The molecule has 0 aromatic carbocycles. The van der Waals surface area contributed by atoms with Crippen molar-refractivity contribution in [2.75, 3.05) is 25.2 Å². The predicted octanol–water partition coefficient (Wildman–Crippen LogP) is 1.40. The zero-order valence-corrected chi connectivity index (χ0v) is 9.89. The summed E-state index contributed by atoms with van der Waals surface area (Å²) in [5.74, 6) is 0.00980. The van der Waals surface area contributed by atoms with Crippen LogP contribution in [0.5, 0.6) is 0 Å². The van der Waals surface area contributed by atoms with Gasteiger partial charge < -0.3 is 9.47 Å². The van der Waals surface area contributed by atoms with Crippen LogP contribution in [-0.4, -0.2) is 37.2 Å². The molecule has 0 heterocycles. The lowest BCUT2D eigenvalue weighted by Crippen LogP contribution is -2.14. The normalized spacial score (nSPS) is 9.47. The van der Waals surface area contributed by atoms with Gasteiger partial charge in [0.25, 0.3) is 0 Å². The Morgan fingerprint density at radius 2 is 1.87 bits per heavy atom. The van der Waals surface area contributed by atoms with Gasteiger partial charge in [-0.2, -0.15) is 11.8 Å². The van der Waals surface area contributed by atoms with Crippen molar-refractivity contribution in [3.63, 3.8) is 0 Å². The number of ether oxygens (including phenoxy) is 2. The van der Waals surface area contributed by atoms with Crippen molar-refractivity contribution in [2.45, 2.75) is 13.3 Å². The van der Waals surface area contributed by atoms with Gasteiger partial charge >= 0.3 is 11.9 Å². The molecule has 0 fully saturated rings. The molecule has 0 unspecified atom stereocenters. The Labute approximate surface area is 94.0 Å². The molecule has 0 saturated carbocycles. The van der Waals surface area contributed by atoms with E-state index in [0.29, 0.717) is 12.0 Å². The Balaban J connectivity index is 3.42. The third kappa shape index (κ3) is 8.05. The molecule has 0 bridgehead atoms. The minimum atomic E-state index is -0.463. The summed E-state index contributed by atoms with van der Waals surface area (Å²) in [7, 11) is 0. The van der Waals surface area contributed by atoms with Crippen molar-refractivity contribution in [1.82, 2.24) is 0 Å². The quantitative estimate of drug-likeness (QED) is 0.377. The molecule has 0 aliphatic rings. The highest BCUT2D eigenvalue weighted by Gasteiger charge is 2.04. The molecule has 0 aromatic heterocycles. The van der Waals surface area contributed by atoms with Crippen molar-refractivity contribution in [2.24, 2.45) is 0 Å². The van der Waals surface area contributed by atoms with E-state index in [2.05, 4.69) is 6.58 Å². The monoisotopic (exact) mass is 232 g/mol. The molecule has 0 N–H and O–H groups in total. The summed E-state index contributed by atoms with van der Waals surface area (Å²) >= 11 is 1.58. The fourth-order valence-electron chi connectivity index (χ4n) is 0.671. The second-order valence-corrected chi connectivity index (χ2v) is 3.87. The molecular weight excluding hydrogens is 216 g/mol. The smallest absolute Gasteiger partial charge is 0.333 e. The molecule has 0 aliphatic carbocycles. The van der Waals surface area contributed by atoms with Gasteiger partial charge in [0.05, 0.1) is 6.42 Å². The first-order valence-corrected chi connectivity index (χ1v) is 5.94. The third-order valence-corrected chi connectivity index (χ3v) is 2.05. The van der Waals surface area contributed by atoms with E-state index in [9.17, 15) is 9.59 Å². The summed E-state index contributed by atoms with van der Waals surface area (Å²) in [6, 6.07) is 0. The number of hydrogen-bond donors (Lipinski definition) is 0. The maximum atomic E-state index is 11.0. The van der Waals surface area contributed by atoms with Crippen LogP contribution in [0.1, 0.15) is 13.3 Å². The summed E-state index contributed by atoms with van der Waals surface area (Å²) in [5, 5.41) is 0. The highest BCUT2D eigenvalue weighted by molar-refractivity contribution is 7.98. The van der Waals surface area contributed by atoms with Gasteiger partial charge in [0.2, 0.25) is 0 Å². The van der Waals surface area contributed by atoms with E-state index in [0.717, 1.165) is 5.75 Å². The topological polar surface area (TPSA) is 52.6 Å². The van der Waals surface area contributed by atoms with Crippen LogP contribution >= 0.6 is 11.8 Å². The zero-order chi connectivity index (χ0) is 11.7. The van der Waals surface area contributed by atoms with Crippen molar-refractivity contribution >= 4 is 23.7 Å². The van der Waals surface area contributed by atoms with Crippen molar-refractivity contribution < 1.29 is 19.1 Å². The highest BCUT2D eigenvalue weighted by Crippen LogP contribution is 1.97. The maximum absolute atomic E-state index is 11.0. The molecule has 86 valence electrons. The van der Waals surface area contributed by atoms with E-state index in [1.165, 1.54) is 0 Å². The van der Waals surface area contributed by atoms with Gasteiger partial charge in [-0.15, -0.1) is 0 Å². The van der Waals surface area contributed by atoms with E-state index in [-0.39, 0.29) is 19.2 Å². The summed E-state index contributed by atoms with van der Waals surface area (Å²) < 4.78 is 9.55. The molecule has 0 radical (unpaired) electrons. The van der Waals surface area contributed by atoms with Crippen LogP contribution in [0.15, 0.2) is 12.2 Å². The van der Waals surface area contributed by atoms with Gasteiger partial charge in [-0.25, -0.2) is 4.79 Å². The van der Waals surface area contributed by atoms with Gasteiger partial charge in [-0.05, 0) is 13.2 Å². The standard InChI is InChI=1S/C10H16O4S/c1-8(2)10(12)14-6-5-13-9(11)4-7-15-3/h1,4-7H2,2-3H3. The van der Waals surface area contributed by atoms with Crippen LogP contribution in [-0.2, 0) is 19.1 Å². The molecule has 0 spiro atoms. The van der Waals surface area contributed by atoms with Gasteiger partial charge in [-0.3, -0.25) is 4.79 Å². The minimum absolute atomic E-state index is 0.0801. The summed E-state index contributed by atoms with van der Waals surface area (Å²) in [6.07, 6.45) is 2.30. The van der Waals surface area contributed by atoms with Crippen molar-refractivity contribution in [3.8, 4) is 0 Å². The second kappa shape index (κ2) is 8.35. The number of carbonyl (C=O) groups is 2. The average molecular weight is 232 g/mol. The van der Waals surface area contributed by atoms with Gasteiger partial charge in [0.15, 0.2) is 0 Å². The average Bonchev–Trinajstić information content (AvgIpc) is 2.20. The van der Waals surface area contributed by atoms with Crippen molar-refractivity contribution in [3.05, 3.63) is 12.2 Å². The lowest BCUT2D eigenvalue weighted by Gasteiger charge is -2.05. The molecule has 0 amide bonds. The Kier molecular flexibility index (Phi) is 7.81. The first-order valence-electron chi connectivity index (χ1n) is 4.55. The number of rotatable bonds is 7. The fourth-order valence-corrected chi connectivity index (χ4v) is 1.04. The summed E-state index contributed by atoms with van der Waals surface area (Å²) in [5.41, 5.74) is 0.337. The molecule has 5 heteroatoms. The summed E-state index contributed by atoms with van der Waals surface area (Å²) in [4.78, 5) is 21.9. The summed E-state index contributed by atoms with van der Waals surface area (Å²) in [6.45, 7) is 5.17. The van der Waals surface area contributed by atoms with E-state index >= 15 is 0 Å². The Bertz CT molecular complexity index is 238. The van der Waals surface area contributed by atoms with E-state index in [4.69, 9.17) is 9.47 Å². The van der Waals surface area contributed by atoms with Crippen LogP contribution in [0.4, 0.5) is 0 Å². The highest BCUT2D eigenvalue weighted by atomic mass is 32.2. The molecule has 0 rings (SSSR count). The molecular formula is C10H16O4S.